The van der Waals surface area contributed by atoms with Crippen molar-refractivity contribution in [3.8, 4) is 11.3 Å². The maximum absolute atomic E-state index is 12.4. The lowest BCUT2D eigenvalue weighted by atomic mass is 10.1. The summed E-state index contributed by atoms with van der Waals surface area (Å²) < 4.78 is 0. The highest BCUT2D eigenvalue weighted by Crippen LogP contribution is 2.24. The SMILES string of the molecule is O=C(Cc1n[nH]c(=O)c2ccccc12)Nc1nc(-c2cccnc2)cs1. The number of nitrogens with zero attached hydrogens (tertiary/aromatic N) is 3. The Hall–Kier alpha value is -3.39. The lowest BCUT2D eigenvalue weighted by Gasteiger charge is -2.04. The number of amides is 1. The Bertz CT molecular complexity index is 1140. The average Bonchev–Trinajstić information content (AvgIpc) is 3.13. The number of rotatable bonds is 4. The van der Waals surface area contributed by atoms with E-state index in [-0.39, 0.29) is 17.9 Å². The van der Waals surface area contributed by atoms with Gasteiger partial charge in [0, 0.05) is 28.7 Å². The van der Waals surface area contributed by atoms with Crippen molar-refractivity contribution in [1.29, 1.82) is 0 Å². The Kier molecular flexibility index (Phi) is 4.24. The van der Waals surface area contributed by atoms with Crippen molar-refractivity contribution in [3.05, 3.63) is 70.2 Å². The summed E-state index contributed by atoms with van der Waals surface area (Å²) in [5.74, 6) is -0.248. The van der Waals surface area contributed by atoms with Crippen LogP contribution < -0.4 is 10.9 Å². The number of hydrogen-bond donors (Lipinski definition) is 2. The Labute approximate surface area is 151 Å². The van der Waals surface area contributed by atoms with Crippen LogP contribution in [0.3, 0.4) is 0 Å². The van der Waals surface area contributed by atoms with Crippen LogP contribution in [0.5, 0.6) is 0 Å². The summed E-state index contributed by atoms with van der Waals surface area (Å²) in [6.07, 6.45) is 3.45. The van der Waals surface area contributed by atoms with Gasteiger partial charge in [-0.1, -0.05) is 18.2 Å². The second-order valence-electron chi connectivity index (χ2n) is 5.55. The molecule has 128 valence electrons. The number of carbonyl (C=O) groups is 1. The van der Waals surface area contributed by atoms with Crippen LogP contribution in [0.15, 0.2) is 59.0 Å². The first-order valence-electron chi connectivity index (χ1n) is 7.83. The first-order chi connectivity index (χ1) is 12.7. The van der Waals surface area contributed by atoms with Gasteiger partial charge in [0.25, 0.3) is 5.56 Å². The predicted octanol–water partition coefficient (Wildman–Crippen LogP) is 2.62. The van der Waals surface area contributed by atoms with Crippen LogP contribution in [-0.4, -0.2) is 26.1 Å². The fourth-order valence-electron chi connectivity index (χ4n) is 2.60. The third-order valence-electron chi connectivity index (χ3n) is 3.81. The van der Waals surface area contributed by atoms with E-state index >= 15 is 0 Å². The summed E-state index contributed by atoms with van der Waals surface area (Å²) in [6, 6.07) is 10.8. The first kappa shape index (κ1) is 16.1. The van der Waals surface area contributed by atoms with Gasteiger partial charge < -0.3 is 5.32 Å². The van der Waals surface area contributed by atoms with Crippen LogP contribution in [0, 0.1) is 0 Å². The smallest absolute Gasteiger partial charge is 0.272 e. The number of H-pyrrole nitrogens is 1. The van der Waals surface area contributed by atoms with Gasteiger partial charge >= 0.3 is 0 Å². The van der Waals surface area contributed by atoms with Gasteiger partial charge in [0.05, 0.1) is 23.2 Å². The van der Waals surface area contributed by atoms with E-state index in [2.05, 4.69) is 25.5 Å². The molecule has 0 atom stereocenters. The fourth-order valence-corrected chi connectivity index (χ4v) is 3.34. The molecule has 3 aromatic heterocycles. The van der Waals surface area contributed by atoms with Crippen molar-refractivity contribution in [2.45, 2.75) is 6.42 Å². The zero-order valence-electron chi connectivity index (χ0n) is 13.5. The molecule has 7 nitrogen and oxygen atoms in total. The van der Waals surface area contributed by atoms with Crippen molar-refractivity contribution in [1.82, 2.24) is 20.2 Å². The van der Waals surface area contributed by atoms with E-state index in [4.69, 9.17) is 0 Å². The number of aromatic amines is 1. The number of fused-ring (bicyclic) bond motifs is 1. The Morgan fingerprint density at radius 1 is 1.15 bits per heavy atom. The summed E-state index contributed by atoms with van der Waals surface area (Å²) in [4.78, 5) is 32.7. The van der Waals surface area contributed by atoms with Gasteiger partial charge in [0.2, 0.25) is 5.91 Å². The third-order valence-corrected chi connectivity index (χ3v) is 4.57. The zero-order chi connectivity index (χ0) is 17.9. The summed E-state index contributed by atoms with van der Waals surface area (Å²) in [7, 11) is 0. The van der Waals surface area contributed by atoms with Gasteiger partial charge in [-0.05, 0) is 18.2 Å². The van der Waals surface area contributed by atoms with Crippen molar-refractivity contribution in [2.75, 3.05) is 5.32 Å². The first-order valence-corrected chi connectivity index (χ1v) is 8.71. The highest BCUT2D eigenvalue weighted by molar-refractivity contribution is 7.14. The molecule has 4 aromatic rings. The van der Waals surface area contributed by atoms with Gasteiger partial charge in [0.1, 0.15) is 0 Å². The molecule has 0 aliphatic rings. The molecule has 1 aromatic carbocycles. The molecule has 0 spiro atoms. The lowest BCUT2D eigenvalue weighted by molar-refractivity contribution is -0.115. The summed E-state index contributed by atoms with van der Waals surface area (Å²) in [5, 5.41) is 12.8. The maximum Gasteiger partial charge on any atom is 0.272 e. The van der Waals surface area contributed by atoms with E-state index in [0.29, 0.717) is 21.6 Å². The number of hydrogen-bond acceptors (Lipinski definition) is 6. The van der Waals surface area contributed by atoms with Crippen LogP contribution in [0.1, 0.15) is 5.69 Å². The summed E-state index contributed by atoms with van der Waals surface area (Å²) in [5.41, 5.74) is 1.89. The minimum atomic E-state index is -0.272. The van der Waals surface area contributed by atoms with Crippen LogP contribution in [-0.2, 0) is 11.2 Å². The number of anilines is 1. The van der Waals surface area contributed by atoms with E-state index in [1.54, 1.807) is 30.6 Å². The molecule has 26 heavy (non-hydrogen) atoms. The van der Waals surface area contributed by atoms with Gasteiger partial charge in [-0.15, -0.1) is 11.3 Å². The largest absolute Gasteiger partial charge is 0.302 e. The van der Waals surface area contributed by atoms with Crippen molar-refractivity contribution < 1.29 is 4.79 Å². The quantitative estimate of drug-likeness (QED) is 0.580. The van der Waals surface area contributed by atoms with Crippen LogP contribution in [0.4, 0.5) is 5.13 Å². The van der Waals surface area contributed by atoms with Gasteiger partial charge in [-0.3, -0.25) is 14.6 Å². The molecule has 1 amide bonds. The number of carbonyl (C=O) groups excluding carboxylic acids is 1. The zero-order valence-corrected chi connectivity index (χ0v) is 14.3. The molecule has 0 unspecified atom stereocenters. The number of nitrogens with one attached hydrogen (secondary N) is 2. The number of pyridine rings is 1. The number of aromatic nitrogens is 4. The molecule has 0 aliphatic heterocycles. The minimum Gasteiger partial charge on any atom is -0.302 e. The molecular formula is C18H13N5O2S. The molecular weight excluding hydrogens is 350 g/mol. The van der Waals surface area contributed by atoms with E-state index < -0.39 is 0 Å². The molecule has 4 rings (SSSR count). The normalized spacial score (nSPS) is 10.8. The Balaban J connectivity index is 1.53. The molecule has 0 aliphatic carbocycles. The molecule has 8 heteroatoms. The van der Waals surface area contributed by atoms with Crippen molar-refractivity contribution in [2.24, 2.45) is 0 Å². The topological polar surface area (TPSA) is 101 Å². The molecule has 0 bridgehead atoms. The number of benzene rings is 1. The Morgan fingerprint density at radius 2 is 2.00 bits per heavy atom. The summed E-state index contributed by atoms with van der Waals surface area (Å²) >= 11 is 1.34. The Morgan fingerprint density at radius 3 is 2.81 bits per heavy atom. The van der Waals surface area contributed by atoms with Crippen molar-refractivity contribution in [3.63, 3.8) is 0 Å². The van der Waals surface area contributed by atoms with E-state index in [1.807, 2.05) is 23.6 Å². The molecule has 3 heterocycles. The maximum atomic E-state index is 12.4. The second-order valence-corrected chi connectivity index (χ2v) is 6.41. The van der Waals surface area contributed by atoms with E-state index in [1.165, 1.54) is 11.3 Å². The predicted molar refractivity (Wildman–Crippen MR) is 100 cm³/mol. The molecule has 0 fully saturated rings. The van der Waals surface area contributed by atoms with E-state index in [9.17, 15) is 9.59 Å². The van der Waals surface area contributed by atoms with Crippen molar-refractivity contribution >= 4 is 33.1 Å². The fraction of sp³-hybridized carbons (Fsp3) is 0.0556. The van der Waals surface area contributed by atoms with Crippen LogP contribution in [0.2, 0.25) is 0 Å². The average molecular weight is 363 g/mol. The molecule has 0 saturated heterocycles. The molecule has 0 saturated carbocycles. The monoisotopic (exact) mass is 363 g/mol. The highest BCUT2D eigenvalue weighted by Gasteiger charge is 2.13. The van der Waals surface area contributed by atoms with Gasteiger partial charge in [-0.25, -0.2) is 10.1 Å². The van der Waals surface area contributed by atoms with E-state index in [0.717, 1.165) is 11.3 Å². The molecule has 0 radical (unpaired) electrons. The highest BCUT2D eigenvalue weighted by atomic mass is 32.1. The van der Waals surface area contributed by atoms with Gasteiger partial charge in [0.15, 0.2) is 5.13 Å². The second kappa shape index (κ2) is 6.85. The van der Waals surface area contributed by atoms with Crippen LogP contribution >= 0.6 is 11.3 Å². The lowest BCUT2D eigenvalue weighted by Crippen LogP contribution is -2.18. The molecule has 2 N–H and O–H groups in total. The third kappa shape index (κ3) is 3.22. The van der Waals surface area contributed by atoms with Gasteiger partial charge in [-0.2, -0.15) is 5.10 Å². The standard InChI is InChI=1S/C18H13N5O2S/c24-16(8-14-12-5-1-2-6-13(12)17(25)23-22-14)21-18-20-15(10-26-18)11-4-3-7-19-9-11/h1-7,9-10H,8H2,(H,23,25)(H,20,21,24). The summed E-state index contributed by atoms with van der Waals surface area (Å²) in [6.45, 7) is 0. The number of thiazole rings is 1. The minimum absolute atomic E-state index is 0.0408. The van der Waals surface area contributed by atoms with Crippen LogP contribution in [0.25, 0.3) is 22.0 Å².